The van der Waals surface area contributed by atoms with Gasteiger partial charge >= 0.3 is 0 Å². The van der Waals surface area contributed by atoms with Crippen molar-refractivity contribution >= 4 is 51.7 Å². The Balaban J connectivity index is 1.81. The van der Waals surface area contributed by atoms with Crippen LogP contribution in [0.3, 0.4) is 0 Å². The molecule has 40 heavy (non-hydrogen) atoms. The molecule has 2 aromatic rings. The summed E-state index contributed by atoms with van der Waals surface area (Å²) in [5.74, 6) is -1.62. The summed E-state index contributed by atoms with van der Waals surface area (Å²) < 4.78 is 31.8. The first-order valence-corrected chi connectivity index (χ1v) is 13.7. The molecule has 12 heteroatoms. The number of halogens is 3. The molecule has 1 aliphatic carbocycles. The monoisotopic (exact) mass is 576 g/mol. The number of amides is 2. The number of rotatable bonds is 7. The average molecular weight is 577 g/mol. The van der Waals surface area contributed by atoms with Gasteiger partial charge in [0.1, 0.15) is 17.2 Å². The number of hydrogen-bond acceptors (Lipinski definition) is 7. The van der Waals surface area contributed by atoms with Crippen molar-refractivity contribution in [2.45, 2.75) is 26.7 Å². The third-order valence-electron chi connectivity index (χ3n) is 7.43. The van der Waals surface area contributed by atoms with Crippen molar-refractivity contribution < 1.29 is 23.5 Å². The van der Waals surface area contributed by atoms with Crippen LogP contribution in [0.5, 0.6) is 0 Å². The predicted molar refractivity (Wildman–Crippen MR) is 152 cm³/mol. The summed E-state index contributed by atoms with van der Waals surface area (Å²) in [6, 6.07) is 1.56. The second-order valence-electron chi connectivity index (χ2n) is 10.5. The van der Waals surface area contributed by atoms with Gasteiger partial charge in [-0.3, -0.25) is 9.59 Å². The molecule has 2 atom stereocenters. The molecule has 2 amide bonds. The van der Waals surface area contributed by atoms with Crippen LogP contribution >= 0.6 is 11.6 Å². The number of hydrogen-bond donors (Lipinski definition) is 2. The van der Waals surface area contributed by atoms with E-state index in [1.807, 2.05) is 4.90 Å². The lowest BCUT2D eigenvalue weighted by Gasteiger charge is -2.35. The average Bonchev–Trinajstić information content (AvgIpc) is 3.06. The van der Waals surface area contributed by atoms with Crippen molar-refractivity contribution in [2.24, 2.45) is 11.8 Å². The number of aliphatic hydroxyl groups is 1. The molecule has 0 bridgehead atoms. The van der Waals surface area contributed by atoms with E-state index < -0.39 is 17.6 Å². The number of anilines is 2. The van der Waals surface area contributed by atoms with Crippen molar-refractivity contribution in [1.29, 1.82) is 0 Å². The number of nitrogens with zero attached hydrogens (tertiary/aromatic N) is 5. The van der Waals surface area contributed by atoms with Crippen LogP contribution in [-0.2, 0) is 9.59 Å². The largest absolute Gasteiger partial charge is 0.396 e. The van der Waals surface area contributed by atoms with Crippen LogP contribution in [0.15, 0.2) is 24.0 Å². The van der Waals surface area contributed by atoms with Crippen LogP contribution in [0.1, 0.15) is 32.3 Å². The van der Waals surface area contributed by atoms with Gasteiger partial charge in [0, 0.05) is 89.2 Å². The molecule has 2 aliphatic rings. The van der Waals surface area contributed by atoms with Gasteiger partial charge in [0.25, 0.3) is 0 Å². The molecule has 0 spiro atoms. The molecule has 1 unspecified atom stereocenters. The topological polar surface area (TPSA) is 102 Å². The van der Waals surface area contributed by atoms with Gasteiger partial charge in [0.15, 0.2) is 5.82 Å². The van der Waals surface area contributed by atoms with E-state index in [1.165, 1.54) is 17.9 Å². The molecule has 0 saturated carbocycles. The third kappa shape index (κ3) is 6.20. The molecule has 2 heterocycles. The molecule has 1 aromatic heterocycles. The standard InChI is InChI=1S/C28H35ClF2N6O3/c1-16-13-18(15-38)5-6-21(30)23(16)24-20(29)14-19-26(25(24)31)33-28(32-8-7-22(40)35(3)4)34-27(19)37-11-9-36(10-12-37)17(2)39/h5-6,14,16,18,38H,7-13,15H2,1-4H3,(H,32,33,34)/t16-,18?/m0/s1. The number of piperazine rings is 1. The Hall–Kier alpha value is -3.31. The minimum absolute atomic E-state index is 0.0239. The quantitative estimate of drug-likeness (QED) is 0.516. The SMILES string of the molecule is CC(=O)N1CCN(c2nc(NCCC(=O)N(C)C)nc3c(F)c(C4=C(F)C=CC(CO)C[C@@H]4C)c(Cl)cc23)CC1. The molecular formula is C28H35ClF2N6O3. The van der Waals surface area contributed by atoms with Crippen molar-refractivity contribution in [3.8, 4) is 0 Å². The maximum absolute atomic E-state index is 16.4. The number of aromatic nitrogens is 2. The van der Waals surface area contributed by atoms with E-state index in [1.54, 1.807) is 38.1 Å². The van der Waals surface area contributed by atoms with E-state index in [4.69, 9.17) is 11.6 Å². The molecule has 0 radical (unpaired) electrons. The highest BCUT2D eigenvalue weighted by molar-refractivity contribution is 6.33. The summed E-state index contributed by atoms with van der Waals surface area (Å²) in [6.07, 6.45) is 3.45. The number of carbonyl (C=O) groups excluding carboxylic acids is 2. The second-order valence-corrected chi connectivity index (χ2v) is 10.9. The van der Waals surface area contributed by atoms with E-state index in [-0.39, 0.29) is 64.9 Å². The molecule has 9 nitrogen and oxygen atoms in total. The zero-order chi connectivity index (χ0) is 29.1. The number of fused-ring (bicyclic) bond motifs is 1. The summed E-state index contributed by atoms with van der Waals surface area (Å²) in [6.45, 7) is 5.26. The first-order chi connectivity index (χ1) is 19.0. The van der Waals surface area contributed by atoms with Crippen molar-refractivity contribution in [2.75, 3.05) is 63.6 Å². The van der Waals surface area contributed by atoms with Crippen LogP contribution in [0.4, 0.5) is 20.5 Å². The van der Waals surface area contributed by atoms with Gasteiger partial charge < -0.3 is 25.1 Å². The van der Waals surface area contributed by atoms with Gasteiger partial charge in [-0.25, -0.2) is 13.8 Å². The maximum atomic E-state index is 16.4. The van der Waals surface area contributed by atoms with Gasteiger partial charge in [-0.2, -0.15) is 4.98 Å². The summed E-state index contributed by atoms with van der Waals surface area (Å²) in [7, 11) is 3.32. The fourth-order valence-electron chi connectivity index (χ4n) is 5.18. The van der Waals surface area contributed by atoms with Gasteiger partial charge in [-0.05, 0) is 24.5 Å². The smallest absolute Gasteiger partial charge is 0.225 e. The summed E-state index contributed by atoms with van der Waals surface area (Å²) in [5, 5.41) is 13.0. The van der Waals surface area contributed by atoms with Crippen LogP contribution < -0.4 is 10.2 Å². The number of carbonyl (C=O) groups is 2. The Morgan fingerprint density at radius 2 is 1.90 bits per heavy atom. The Labute approximate surface area is 237 Å². The van der Waals surface area contributed by atoms with E-state index in [9.17, 15) is 14.7 Å². The third-order valence-corrected chi connectivity index (χ3v) is 7.73. The zero-order valence-electron chi connectivity index (χ0n) is 23.2. The lowest BCUT2D eigenvalue weighted by molar-refractivity contribution is -0.129. The van der Waals surface area contributed by atoms with Crippen molar-refractivity contribution in [3.63, 3.8) is 0 Å². The van der Waals surface area contributed by atoms with Crippen molar-refractivity contribution in [3.05, 3.63) is 40.4 Å². The minimum atomic E-state index is -0.770. The van der Waals surface area contributed by atoms with Gasteiger partial charge in [-0.1, -0.05) is 24.6 Å². The normalized spacial score (nSPS) is 19.7. The summed E-state index contributed by atoms with van der Waals surface area (Å²) in [5.41, 5.74) is 0.0272. The molecule has 2 N–H and O–H groups in total. The first-order valence-electron chi connectivity index (χ1n) is 13.3. The van der Waals surface area contributed by atoms with E-state index in [0.717, 1.165) is 0 Å². The van der Waals surface area contributed by atoms with E-state index in [2.05, 4.69) is 15.3 Å². The molecule has 1 aromatic carbocycles. The summed E-state index contributed by atoms with van der Waals surface area (Å²) >= 11 is 6.66. The lowest BCUT2D eigenvalue weighted by Crippen LogP contribution is -2.48. The number of aliphatic hydroxyl groups excluding tert-OH is 1. The van der Waals surface area contributed by atoms with E-state index >= 15 is 8.78 Å². The van der Waals surface area contributed by atoms with Gasteiger partial charge in [0.2, 0.25) is 17.8 Å². The second kappa shape index (κ2) is 12.5. The highest BCUT2D eigenvalue weighted by Gasteiger charge is 2.30. The molecular weight excluding hydrogens is 542 g/mol. The maximum Gasteiger partial charge on any atom is 0.225 e. The first kappa shape index (κ1) is 29.7. The number of nitrogens with one attached hydrogen (secondary N) is 1. The molecule has 4 rings (SSSR count). The Kier molecular flexibility index (Phi) is 9.25. The van der Waals surface area contributed by atoms with Crippen LogP contribution in [-0.4, -0.2) is 90.1 Å². The lowest BCUT2D eigenvalue weighted by atomic mass is 9.87. The van der Waals surface area contributed by atoms with Gasteiger partial charge in [0.05, 0.1) is 5.02 Å². The van der Waals surface area contributed by atoms with Crippen LogP contribution in [0.2, 0.25) is 5.02 Å². The predicted octanol–water partition coefficient (Wildman–Crippen LogP) is 3.87. The Bertz CT molecular complexity index is 1360. The Morgan fingerprint density at radius 3 is 2.52 bits per heavy atom. The van der Waals surface area contributed by atoms with Crippen molar-refractivity contribution in [1.82, 2.24) is 19.8 Å². The molecule has 216 valence electrons. The van der Waals surface area contributed by atoms with Gasteiger partial charge in [-0.15, -0.1) is 0 Å². The fourth-order valence-corrected chi connectivity index (χ4v) is 5.48. The molecule has 1 fully saturated rings. The fraction of sp³-hybridized carbons (Fsp3) is 0.500. The summed E-state index contributed by atoms with van der Waals surface area (Å²) in [4.78, 5) is 38.1. The zero-order valence-corrected chi connectivity index (χ0v) is 23.9. The number of allylic oxidation sites excluding steroid dienone is 3. The highest BCUT2D eigenvalue weighted by atomic mass is 35.5. The molecule has 1 aliphatic heterocycles. The Morgan fingerprint density at radius 1 is 1.20 bits per heavy atom. The van der Waals surface area contributed by atoms with E-state index in [0.29, 0.717) is 43.8 Å². The van der Waals surface area contributed by atoms with Crippen LogP contribution in [0, 0.1) is 17.7 Å². The highest BCUT2D eigenvalue weighted by Crippen LogP contribution is 2.43. The minimum Gasteiger partial charge on any atom is -0.396 e. The molecule has 1 saturated heterocycles. The van der Waals surface area contributed by atoms with Crippen LogP contribution in [0.25, 0.3) is 16.5 Å². The number of benzene rings is 1.